The Kier molecular flexibility index (Phi) is 3.85. The van der Waals surface area contributed by atoms with E-state index in [4.69, 9.17) is 5.73 Å². The predicted molar refractivity (Wildman–Crippen MR) is 71.5 cm³/mol. The summed E-state index contributed by atoms with van der Waals surface area (Å²) < 4.78 is 0. The smallest absolute Gasteiger partial charge is 0.309 e. The number of carbonyl (C=O) groups is 2. The summed E-state index contributed by atoms with van der Waals surface area (Å²) in [6.45, 7) is 3.44. The highest BCUT2D eigenvalue weighted by atomic mass is 16.4. The summed E-state index contributed by atoms with van der Waals surface area (Å²) in [5.74, 6) is -0.573. The maximum Gasteiger partial charge on any atom is 0.309 e. The number of aliphatic carboxylic acids is 1. The third kappa shape index (κ3) is 2.24. The molecule has 3 N–H and O–H groups in total. The first kappa shape index (κ1) is 14.3. The molecule has 19 heavy (non-hydrogen) atoms. The van der Waals surface area contributed by atoms with Crippen LogP contribution in [0.3, 0.4) is 0 Å². The first-order chi connectivity index (χ1) is 8.99. The molecule has 0 radical (unpaired) electrons. The highest BCUT2D eigenvalue weighted by Crippen LogP contribution is 2.43. The number of hydrogen-bond acceptors (Lipinski definition) is 3. The van der Waals surface area contributed by atoms with E-state index in [1.54, 1.807) is 0 Å². The molecule has 1 aliphatic heterocycles. The number of hydrogen-bond donors (Lipinski definition) is 2. The molecule has 0 aromatic carbocycles. The van der Waals surface area contributed by atoms with Crippen LogP contribution in [0.2, 0.25) is 0 Å². The standard InChI is InChI=1S/C14H24N2O3/c1-2-13(12(18)19)6-8-16(9-7-13)11(17)14(10-15)4-3-5-14/h2-10,15H2,1H3,(H,18,19). The second-order valence-corrected chi connectivity index (χ2v) is 6.07. The molecule has 1 saturated carbocycles. The molecule has 0 spiro atoms. The number of rotatable bonds is 4. The molecule has 5 heteroatoms. The molecule has 1 aliphatic carbocycles. The molecule has 0 bridgehead atoms. The monoisotopic (exact) mass is 268 g/mol. The topological polar surface area (TPSA) is 83.6 Å². The first-order valence-corrected chi connectivity index (χ1v) is 7.22. The lowest BCUT2D eigenvalue weighted by Gasteiger charge is -2.46. The minimum atomic E-state index is -0.723. The zero-order chi connectivity index (χ0) is 14.1. The second kappa shape index (κ2) is 5.12. The van der Waals surface area contributed by atoms with E-state index in [-0.39, 0.29) is 11.3 Å². The third-order valence-electron chi connectivity index (χ3n) is 5.29. The van der Waals surface area contributed by atoms with Crippen molar-refractivity contribution in [1.29, 1.82) is 0 Å². The van der Waals surface area contributed by atoms with Crippen LogP contribution in [0.15, 0.2) is 0 Å². The molecule has 1 saturated heterocycles. The van der Waals surface area contributed by atoms with Crippen molar-refractivity contribution in [3.8, 4) is 0 Å². The fraction of sp³-hybridized carbons (Fsp3) is 0.857. The van der Waals surface area contributed by atoms with Crippen molar-refractivity contribution in [2.75, 3.05) is 19.6 Å². The van der Waals surface area contributed by atoms with Gasteiger partial charge in [0.15, 0.2) is 0 Å². The number of carboxylic acid groups (broad SMARTS) is 1. The molecular formula is C14H24N2O3. The number of nitrogens with zero attached hydrogens (tertiary/aromatic N) is 1. The summed E-state index contributed by atoms with van der Waals surface area (Å²) in [7, 11) is 0. The van der Waals surface area contributed by atoms with Gasteiger partial charge in [0.1, 0.15) is 0 Å². The normalized spacial score (nSPS) is 24.6. The molecule has 0 unspecified atom stereocenters. The van der Waals surface area contributed by atoms with Crippen LogP contribution in [0.5, 0.6) is 0 Å². The molecule has 5 nitrogen and oxygen atoms in total. The van der Waals surface area contributed by atoms with Crippen LogP contribution >= 0.6 is 0 Å². The summed E-state index contributed by atoms with van der Waals surface area (Å²) in [5, 5.41) is 9.35. The fourth-order valence-corrected chi connectivity index (χ4v) is 3.30. The molecule has 1 heterocycles. The largest absolute Gasteiger partial charge is 0.481 e. The Hall–Kier alpha value is -1.10. The number of amides is 1. The van der Waals surface area contributed by atoms with Crippen LogP contribution in [-0.2, 0) is 9.59 Å². The summed E-state index contributed by atoms with van der Waals surface area (Å²) in [5.41, 5.74) is 4.79. The Morgan fingerprint density at radius 2 is 1.74 bits per heavy atom. The van der Waals surface area contributed by atoms with Crippen LogP contribution in [-0.4, -0.2) is 41.5 Å². The van der Waals surface area contributed by atoms with E-state index in [9.17, 15) is 14.7 Å². The van der Waals surface area contributed by atoms with Gasteiger partial charge in [-0.2, -0.15) is 0 Å². The zero-order valence-corrected chi connectivity index (χ0v) is 11.7. The molecule has 2 rings (SSSR count). The Morgan fingerprint density at radius 3 is 2.05 bits per heavy atom. The Bertz CT molecular complexity index is 363. The average Bonchev–Trinajstić information content (AvgIpc) is 2.38. The van der Waals surface area contributed by atoms with E-state index in [1.165, 1.54) is 0 Å². The van der Waals surface area contributed by atoms with Crippen molar-refractivity contribution in [1.82, 2.24) is 4.90 Å². The first-order valence-electron chi connectivity index (χ1n) is 7.22. The highest BCUT2D eigenvalue weighted by Gasteiger charge is 2.48. The van der Waals surface area contributed by atoms with Crippen molar-refractivity contribution in [3.05, 3.63) is 0 Å². The van der Waals surface area contributed by atoms with E-state index in [0.29, 0.717) is 38.9 Å². The lowest BCUT2D eigenvalue weighted by molar-refractivity contribution is -0.158. The van der Waals surface area contributed by atoms with Gasteiger partial charge >= 0.3 is 5.97 Å². The van der Waals surface area contributed by atoms with E-state index >= 15 is 0 Å². The maximum absolute atomic E-state index is 12.5. The minimum Gasteiger partial charge on any atom is -0.481 e. The van der Waals surface area contributed by atoms with E-state index in [2.05, 4.69) is 0 Å². The minimum absolute atomic E-state index is 0.149. The molecule has 2 aliphatic rings. The van der Waals surface area contributed by atoms with Gasteiger partial charge in [0, 0.05) is 19.6 Å². The van der Waals surface area contributed by atoms with Gasteiger partial charge in [0.25, 0.3) is 0 Å². The average molecular weight is 268 g/mol. The van der Waals surface area contributed by atoms with Crippen LogP contribution in [0.4, 0.5) is 0 Å². The summed E-state index contributed by atoms with van der Waals surface area (Å²) in [6.07, 6.45) is 4.60. The quantitative estimate of drug-likeness (QED) is 0.803. The fourth-order valence-electron chi connectivity index (χ4n) is 3.30. The van der Waals surface area contributed by atoms with Crippen LogP contribution in [0, 0.1) is 10.8 Å². The van der Waals surface area contributed by atoms with Crippen LogP contribution < -0.4 is 5.73 Å². The summed E-state index contributed by atoms with van der Waals surface area (Å²) in [6, 6.07) is 0. The SMILES string of the molecule is CCC1(C(=O)O)CCN(C(=O)C2(CN)CCC2)CC1. The highest BCUT2D eigenvalue weighted by molar-refractivity contribution is 5.84. The van der Waals surface area contributed by atoms with Crippen LogP contribution in [0.25, 0.3) is 0 Å². The second-order valence-electron chi connectivity index (χ2n) is 6.07. The van der Waals surface area contributed by atoms with Gasteiger partial charge in [0.05, 0.1) is 10.8 Å². The molecule has 0 aromatic rings. The lowest BCUT2D eigenvalue weighted by atomic mass is 9.67. The number of piperidine rings is 1. The predicted octanol–water partition coefficient (Wildman–Crippen LogP) is 1.22. The number of carbonyl (C=O) groups excluding carboxylic acids is 1. The summed E-state index contributed by atoms with van der Waals surface area (Å²) >= 11 is 0. The number of carboxylic acids is 1. The van der Waals surface area contributed by atoms with Gasteiger partial charge in [-0.15, -0.1) is 0 Å². The molecule has 108 valence electrons. The number of likely N-dealkylation sites (tertiary alicyclic amines) is 1. The van der Waals surface area contributed by atoms with Crippen molar-refractivity contribution in [3.63, 3.8) is 0 Å². The van der Waals surface area contributed by atoms with Crippen molar-refractivity contribution < 1.29 is 14.7 Å². The Balaban J connectivity index is 2.00. The van der Waals surface area contributed by atoms with Gasteiger partial charge in [-0.05, 0) is 32.1 Å². The van der Waals surface area contributed by atoms with Gasteiger partial charge in [-0.25, -0.2) is 0 Å². The van der Waals surface area contributed by atoms with Crippen molar-refractivity contribution >= 4 is 11.9 Å². The molecule has 2 fully saturated rings. The lowest BCUT2D eigenvalue weighted by Crippen LogP contribution is -2.55. The van der Waals surface area contributed by atoms with Crippen LogP contribution in [0.1, 0.15) is 45.4 Å². The van der Waals surface area contributed by atoms with E-state index in [0.717, 1.165) is 19.3 Å². The maximum atomic E-state index is 12.5. The Morgan fingerprint density at radius 1 is 1.16 bits per heavy atom. The molecule has 0 atom stereocenters. The van der Waals surface area contributed by atoms with Crippen molar-refractivity contribution in [2.45, 2.75) is 45.4 Å². The molecule has 0 aromatic heterocycles. The number of nitrogens with two attached hydrogens (primary N) is 1. The van der Waals surface area contributed by atoms with E-state index in [1.807, 2.05) is 11.8 Å². The van der Waals surface area contributed by atoms with E-state index < -0.39 is 11.4 Å². The van der Waals surface area contributed by atoms with Crippen molar-refractivity contribution in [2.24, 2.45) is 16.6 Å². The van der Waals surface area contributed by atoms with Gasteiger partial charge in [-0.1, -0.05) is 13.3 Å². The third-order valence-corrected chi connectivity index (χ3v) is 5.29. The van der Waals surface area contributed by atoms with Gasteiger partial charge in [-0.3, -0.25) is 9.59 Å². The molecular weight excluding hydrogens is 244 g/mol. The van der Waals surface area contributed by atoms with Gasteiger partial charge < -0.3 is 15.7 Å². The Labute approximate surface area is 114 Å². The zero-order valence-electron chi connectivity index (χ0n) is 11.7. The summed E-state index contributed by atoms with van der Waals surface area (Å²) in [4.78, 5) is 25.7. The van der Waals surface area contributed by atoms with Gasteiger partial charge in [0.2, 0.25) is 5.91 Å². The molecule has 1 amide bonds.